The van der Waals surface area contributed by atoms with Crippen molar-refractivity contribution in [3.05, 3.63) is 24.5 Å². The summed E-state index contributed by atoms with van der Waals surface area (Å²) in [6.07, 6.45) is 3.48. The first-order valence-electron chi connectivity index (χ1n) is 6.59. The Morgan fingerprint density at radius 2 is 2.00 bits per heavy atom. The molecule has 0 saturated carbocycles. The van der Waals surface area contributed by atoms with Crippen LogP contribution in [-0.4, -0.2) is 51.2 Å². The van der Waals surface area contributed by atoms with E-state index in [1.165, 1.54) is 0 Å². The molecule has 1 fully saturated rings. The molecule has 7 nitrogen and oxygen atoms in total. The molecule has 4 heterocycles. The van der Waals surface area contributed by atoms with Gasteiger partial charge in [-0.2, -0.15) is 0 Å². The summed E-state index contributed by atoms with van der Waals surface area (Å²) >= 11 is 0. The molecule has 1 aliphatic rings. The van der Waals surface area contributed by atoms with Gasteiger partial charge in [0.05, 0.1) is 18.7 Å². The fourth-order valence-electron chi connectivity index (χ4n) is 2.36. The zero-order valence-corrected chi connectivity index (χ0v) is 10.8. The Morgan fingerprint density at radius 3 is 2.80 bits per heavy atom. The van der Waals surface area contributed by atoms with Crippen LogP contribution < -0.4 is 4.90 Å². The van der Waals surface area contributed by atoms with Gasteiger partial charge in [-0.25, -0.2) is 15.0 Å². The fourth-order valence-corrected chi connectivity index (χ4v) is 2.36. The van der Waals surface area contributed by atoms with Gasteiger partial charge in [-0.05, 0) is 12.1 Å². The maximum Gasteiger partial charge on any atom is 0.180 e. The summed E-state index contributed by atoms with van der Waals surface area (Å²) in [5.41, 5.74) is 1.62. The van der Waals surface area contributed by atoms with E-state index in [1.54, 1.807) is 12.4 Å². The van der Waals surface area contributed by atoms with E-state index in [1.807, 2.05) is 12.1 Å². The number of aromatic nitrogens is 5. The van der Waals surface area contributed by atoms with Gasteiger partial charge < -0.3 is 19.6 Å². The first-order valence-corrected chi connectivity index (χ1v) is 6.59. The maximum absolute atomic E-state index is 5.36. The van der Waals surface area contributed by atoms with Crippen molar-refractivity contribution >= 4 is 17.0 Å². The van der Waals surface area contributed by atoms with E-state index in [0.29, 0.717) is 11.5 Å². The molecule has 4 rings (SSSR count). The number of hydrogen-bond acceptors (Lipinski definition) is 5. The average molecular weight is 270 g/mol. The molecule has 0 aromatic carbocycles. The van der Waals surface area contributed by atoms with Crippen LogP contribution in [0.3, 0.4) is 0 Å². The number of morpholine rings is 1. The largest absolute Gasteiger partial charge is 0.378 e. The summed E-state index contributed by atoms with van der Waals surface area (Å²) in [6, 6.07) is 4.02. The molecule has 20 heavy (non-hydrogen) atoms. The fraction of sp³-hybridized carbons (Fsp3) is 0.308. The minimum atomic E-state index is 0.705. The van der Waals surface area contributed by atoms with Gasteiger partial charge in [0.2, 0.25) is 0 Å². The molecule has 1 saturated heterocycles. The number of H-pyrrole nitrogens is 2. The third kappa shape index (κ3) is 1.92. The van der Waals surface area contributed by atoms with Crippen LogP contribution in [0.5, 0.6) is 0 Å². The van der Waals surface area contributed by atoms with Crippen molar-refractivity contribution in [2.24, 2.45) is 0 Å². The molecule has 3 aromatic rings. The molecule has 0 aliphatic carbocycles. The zero-order valence-electron chi connectivity index (χ0n) is 10.8. The third-order valence-electron chi connectivity index (χ3n) is 3.39. The van der Waals surface area contributed by atoms with E-state index in [-0.39, 0.29) is 0 Å². The van der Waals surface area contributed by atoms with Crippen LogP contribution in [0.25, 0.3) is 22.8 Å². The second kappa shape index (κ2) is 4.61. The Bertz CT molecular complexity index is 714. The molecule has 3 aromatic heterocycles. The Balaban J connectivity index is 1.72. The molecule has 0 atom stereocenters. The van der Waals surface area contributed by atoms with Gasteiger partial charge in [0.1, 0.15) is 5.82 Å². The van der Waals surface area contributed by atoms with Gasteiger partial charge in [-0.3, -0.25) is 0 Å². The number of aromatic amines is 2. The number of rotatable bonds is 2. The molecule has 2 N–H and O–H groups in total. The Hall–Kier alpha value is -2.41. The molecule has 0 amide bonds. The molecule has 7 heteroatoms. The molecular formula is C13H14N6O. The molecular weight excluding hydrogens is 256 g/mol. The number of ether oxygens (including phenoxy) is 1. The van der Waals surface area contributed by atoms with E-state index in [0.717, 1.165) is 43.5 Å². The van der Waals surface area contributed by atoms with Crippen molar-refractivity contribution in [1.29, 1.82) is 0 Å². The molecule has 0 spiro atoms. The number of nitrogens with one attached hydrogen (secondary N) is 2. The topological polar surface area (TPSA) is 82.7 Å². The zero-order chi connectivity index (χ0) is 13.4. The molecule has 102 valence electrons. The standard InChI is InChI=1S/C13H14N6O/c1-2-10(19-5-7-20-8-6-19)17-11-9(1)16-13(18-11)12-14-3-4-15-12/h1-4H,5-8H2,(H,14,15)(H,16,17,18). The minimum Gasteiger partial charge on any atom is -0.378 e. The predicted octanol–water partition coefficient (Wildman–Crippen LogP) is 1.18. The summed E-state index contributed by atoms with van der Waals surface area (Å²) in [5.74, 6) is 2.37. The quantitative estimate of drug-likeness (QED) is 0.730. The normalized spacial score (nSPS) is 15.9. The monoisotopic (exact) mass is 270 g/mol. The molecule has 0 bridgehead atoms. The number of imidazole rings is 2. The number of anilines is 1. The SMILES string of the molecule is c1c[nH]c(-c2nc3nc(N4CCOCC4)ccc3[nH]2)n1. The van der Waals surface area contributed by atoms with Crippen molar-refractivity contribution in [2.75, 3.05) is 31.2 Å². The van der Waals surface area contributed by atoms with Crippen LogP contribution in [0.2, 0.25) is 0 Å². The van der Waals surface area contributed by atoms with E-state index >= 15 is 0 Å². The highest BCUT2D eigenvalue weighted by molar-refractivity contribution is 5.76. The lowest BCUT2D eigenvalue weighted by Gasteiger charge is -2.27. The van der Waals surface area contributed by atoms with Gasteiger partial charge in [0.25, 0.3) is 0 Å². The van der Waals surface area contributed by atoms with Gasteiger partial charge in [-0.15, -0.1) is 0 Å². The Kier molecular flexibility index (Phi) is 2.63. The summed E-state index contributed by atoms with van der Waals surface area (Å²) < 4.78 is 5.36. The van der Waals surface area contributed by atoms with Crippen molar-refractivity contribution in [3.8, 4) is 11.6 Å². The predicted molar refractivity (Wildman–Crippen MR) is 74.5 cm³/mol. The first kappa shape index (κ1) is 11.4. The van der Waals surface area contributed by atoms with Crippen molar-refractivity contribution in [2.45, 2.75) is 0 Å². The minimum absolute atomic E-state index is 0.705. The highest BCUT2D eigenvalue weighted by Crippen LogP contribution is 2.20. The molecule has 0 unspecified atom stereocenters. The van der Waals surface area contributed by atoms with Crippen LogP contribution in [0.15, 0.2) is 24.5 Å². The van der Waals surface area contributed by atoms with E-state index in [2.05, 4.69) is 29.8 Å². The van der Waals surface area contributed by atoms with E-state index in [9.17, 15) is 0 Å². The highest BCUT2D eigenvalue weighted by Gasteiger charge is 2.14. The van der Waals surface area contributed by atoms with Gasteiger partial charge >= 0.3 is 0 Å². The van der Waals surface area contributed by atoms with Gasteiger partial charge in [0, 0.05) is 25.5 Å². The first-order chi connectivity index (χ1) is 9.90. The average Bonchev–Trinajstić information content (AvgIpc) is 3.16. The molecule has 1 aliphatic heterocycles. The summed E-state index contributed by atoms with van der Waals surface area (Å²) in [4.78, 5) is 21.8. The number of pyridine rings is 1. The van der Waals surface area contributed by atoms with E-state index in [4.69, 9.17) is 4.74 Å². The van der Waals surface area contributed by atoms with Crippen LogP contribution in [-0.2, 0) is 4.74 Å². The summed E-state index contributed by atoms with van der Waals surface area (Å²) in [6.45, 7) is 3.23. The molecule has 0 radical (unpaired) electrons. The van der Waals surface area contributed by atoms with E-state index < -0.39 is 0 Å². The van der Waals surface area contributed by atoms with Gasteiger partial charge in [-0.1, -0.05) is 0 Å². The second-order valence-corrected chi connectivity index (χ2v) is 4.66. The lowest BCUT2D eigenvalue weighted by atomic mass is 10.3. The van der Waals surface area contributed by atoms with Crippen LogP contribution >= 0.6 is 0 Å². The number of fused-ring (bicyclic) bond motifs is 1. The number of hydrogen-bond donors (Lipinski definition) is 2. The van der Waals surface area contributed by atoms with Crippen LogP contribution in [0.1, 0.15) is 0 Å². The summed E-state index contributed by atoms with van der Waals surface area (Å²) in [5, 5.41) is 0. The van der Waals surface area contributed by atoms with Crippen LogP contribution in [0, 0.1) is 0 Å². The highest BCUT2D eigenvalue weighted by atomic mass is 16.5. The summed E-state index contributed by atoms with van der Waals surface area (Å²) in [7, 11) is 0. The maximum atomic E-state index is 5.36. The third-order valence-corrected chi connectivity index (χ3v) is 3.39. The Morgan fingerprint density at radius 1 is 1.10 bits per heavy atom. The Labute approximate surface area is 115 Å². The number of nitrogens with zero attached hydrogens (tertiary/aromatic N) is 4. The van der Waals surface area contributed by atoms with Crippen molar-refractivity contribution in [1.82, 2.24) is 24.9 Å². The van der Waals surface area contributed by atoms with Crippen LogP contribution in [0.4, 0.5) is 5.82 Å². The lowest BCUT2D eigenvalue weighted by molar-refractivity contribution is 0.122. The van der Waals surface area contributed by atoms with Crippen molar-refractivity contribution < 1.29 is 4.74 Å². The van der Waals surface area contributed by atoms with Gasteiger partial charge in [0.15, 0.2) is 17.3 Å². The second-order valence-electron chi connectivity index (χ2n) is 4.66. The smallest absolute Gasteiger partial charge is 0.180 e. The lowest BCUT2D eigenvalue weighted by Crippen LogP contribution is -2.36. The van der Waals surface area contributed by atoms with Crippen molar-refractivity contribution in [3.63, 3.8) is 0 Å².